The van der Waals surface area contributed by atoms with Crippen LogP contribution in [-0.2, 0) is 0 Å². The molecule has 0 saturated carbocycles. The van der Waals surface area contributed by atoms with Gasteiger partial charge >= 0.3 is 0 Å². The quantitative estimate of drug-likeness (QED) is 0.519. The molecule has 0 fully saturated rings. The number of allylic oxidation sites excluding steroid dienone is 2. The average molecular weight is 132 g/mol. The summed E-state index contributed by atoms with van der Waals surface area (Å²) in [5, 5.41) is 0. The van der Waals surface area contributed by atoms with E-state index in [2.05, 4.69) is 4.99 Å². The standard InChI is InChI=1S/C8H8N2/c9-8-4-2-1-3-7(8)10-6-5-8/h1-6H,9H2. The van der Waals surface area contributed by atoms with E-state index in [-0.39, 0.29) is 0 Å². The first kappa shape index (κ1) is 5.62. The summed E-state index contributed by atoms with van der Waals surface area (Å²) < 4.78 is 0. The second-order valence-corrected chi connectivity index (χ2v) is 2.48. The molecule has 0 spiro atoms. The maximum Gasteiger partial charge on any atom is 0.0976 e. The fraction of sp³-hybridized carbons (Fsp3) is 0.125. The number of nitrogens with two attached hydrogens (primary N) is 1. The largest absolute Gasteiger partial charge is 0.314 e. The number of hydrogen-bond acceptors (Lipinski definition) is 2. The molecule has 1 unspecified atom stereocenters. The lowest BCUT2D eigenvalue weighted by atomic mass is 9.92. The Hall–Kier alpha value is -1.15. The van der Waals surface area contributed by atoms with Gasteiger partial charge in [0.05, 0.1) is 11.3 Å². The summed E-state index contributed by atoms with van der Waals surface area (Å²) in [4.78, 5) is 4.10. The van der Waals surface area contributed by atoms with Gasteiger partial charge < -0.3 is 5.73 Å². The lowest BCUT2D eigenvalue weighted by Gasteiger charge is -2.19. The first-order chi connectivity index (χ1) is 4.81. The molecule has 0 aromatic rings. The van der Waals surface area contributed by atoms with Crippen molar-refractivity contribution in [2.75, 3.05) is 0 Å². The molecule has 1 atom stereocenters. The minimum absolute atomic E-state index is 0.408. The molecule has 0 amide bonds. The third-order valence-electron chi connectivity index (χ3n) is 1.74. The molecule has 1 heterocycles. The van der Waals surface area contributed by atoms with Crippen molar-refractivity contribution in [2.24, 2.45) is 10.7 Å². The Morgan fingerprint density at radius 3 is 3.00 bits per heavy atom. The molecule has 2 N–H and O–H groups in total. The van der Waals surface area contributed by atoms with E-state index < -0.39 is 5.54 Å². The highest BCUT2D eigenvalue weighted by Crippen LogP contribution is 2.18. The van der Waals surface area contributed by atoms with Gasteiger partial charge in [-0.2, -0.15) is 0 Å². The topological polar surface area (TPSA) is 38.4 Å². The van der Waals surface area contributed by atoms with Crippen LogP contribution in [0.25, 0.3) is 0 Å². The van der Waals surface area contributed by atoms with Gasteiger partial charge in [-0.25, -0.2) is 0 Å². The van der Waals surface area contributed by atoms with E-state index in [0.717, 1.165) is 5.71 Å². The Kier molecular flexibility index (Phi) is 0.939. The Labute approximate surface area is 59.4 Å². The highest BCUT2D eigenvalue weighted by atomic mass is 14.9. The summed E-state index contributed by atoms with van der Waals surface area (Å²) in [6.45, 7) is 0. The number of rotatable bonds is 0. The van der Waals surface area contributed by atoms with Crippen molar-refractivity contribution < 1.29 is 0 Å². The number of aliphatic imine (C=N–C) groups is 1. The zero-order chi connectivity index (χ0) is 7.03. The zero-order valence-corrected chi connectivity index (χ0v) is 5.49. The minimum atomic E-state index is -0.408. The molecule has 1 aliphatic carbocycles. The third kappa shape index (κ3) is 0.595. The fourth-order valence-electron chi connectivity index (χ4n) is 1.13. The van der Waals surface area contributed by atoms with Crippen LogP contribution in [0.5, 0.6) is 0 Å². The van der Waals surface area contributed by atoms with Crippen molar-refractivity contribution in [3.8, 4) is 0 Å². The van der Waals surface area contributed by atoms with E-state index >= 15 is 0 Å². The summed E-state index contributed by atoms with van der Waals surface area (Å²) in [5.74, 6) is 0. The minimum Gasteiger partial charge on any atom is -0.314 e. The van der Waals surface area contributed by atoms with Crippen LogP contribution in [0, 0.1) is 0 Å². The van der Waals surface area contributed by atoms with E-state index in [1.807, 2.05) is 30.4 Å². The smallest absolute Gasteiger partial charge is 0.0976 e. The molecule has 0 bridgehead atoms. The summed E-state index contributed by atoms with van der Waals surface area (Å²) in [7, 11) is 0. The Bertz CT molecular complexity index is 271. The van der Waals surface area contributed by atoms with Crippen LogP contribution in [0.15, 0.2) is 41.6 Å². The third-order valence-corrected chi connectivity index (χ3v) is 1.74. The normalized spacial score (nSPS) is 34.3. The molecule has 0 aromatic heterocycles. The van der Waals surface area contributed by atoms with Gasteiger partial charge in [-0.15, -0.1) is 0 Å². The molecular weight excluding hydrogens is 124 g/mol. The molecule has 2 nitrogen and oxygen atoms in total. The molecule has 0 aromatic carbocycles. The lowest BCUT2D eigenvalue weighted by molar-refractivity contribution is 0.890. The van der Waals surface area contributed by atoms with Crippen LogP contribution < -0.4 is 5.73 Å². The zero-order valence-electron chi connectivity index (χ0n) is 5.49. The van der Waals surface area contributed by atoms with E-state index in [0.29, 0.717) is 0 Å². The summed E-state index contributed by atoms with van der Waals surface area (Å²) in [6, 6.07) is 0. The monoisotopic (exact) mass is 132 g/mol. The number of fused-ring (bicyclic) bond motifs is 1. The van der Waals surface area contributed by atoms with Crippen molar-refractivity contribution in [3.05, 3.63) is 36.6 Å². The number of hydrogen-bond donors (Lipinski definition) is 1. The van der Waals surface area contributed by atoms with Gasteiger partial charge in [-0.1, -0.05) is 18.2 Å². The second-order valence-electron chi connectivity index (χ2n) is 2.48. The number of nitrogens with zero attached hydrogens (tertiary/aromatic N) is 1. The van der Waals surface area contributed by atoms with Gasteiger partial charge in [0.1, 0.15) is 0 Å². The predicted molar refractivity (Wildman–Crippen MR) is 41.8 cm³/mol. The summed E-state index contributed by atoms with van der Waals surface area (Å²) in [5.41, 5.74) is 6.43. The first-order valence-corrected chi connectivity index (χ1v) is 3.22. The van der Waals surface area contributed by atoms with E-state index in [9.17, 15) is 0 Å². The van der Waals surface area contributed by atoms with Crippen LogP contribution in [0.4, 0.5) is 0 Å². The Morgan fingerprint density at radius 1 is 1.30 bits per heavy atom. The van der Waals surface area contributed by atoms with Crippen LogP contribution in [0.3, 0.4) is 0 Å². The highest BCUT2D eigenvalue weighted by molar-refractivity contribution is 6.08. The summed E-state index contributed by atoms with van der Waals surface area (Å²) >= 11 is 0. The average Bonchev–Trinajstić information content (AvgIpc) is 2.29. The van der Waals surface area contributed by atoms with E-state index in [1.54, 1.807) is 6.20 Å². The lowest BCUT2D eigenvalue weighted by Crippen LogP contribution is -2.42. The maximum absolute atomic E-state index is 5.91. The predicted octanol–water partition coefficient (Wildman–Crippen LogP) is 0.778. The van der Waals surface area contributed by atoms with Crippen LogP contribution in [-0.4, -0.2) is 11.3 Å². The molecule has 2 heteroatoms. The Balaban J connectivity index is 2.51. The molecule has 1 aliphatic heterocycles. The van der Waals surface area contributed by atoms with Crippen LogP contribution in [0.1, 0.15) is 0 Å². The van der Waals surface area contributed by atoms with E-state index in [1.165, 1.54) is 0 Å². The van der Waals surface area contributed by atoms with Gasteiger partial charge in [0.15, 0.2) is 0 Å². The summed E-state index contributed by atoms with van der Waals surface area (Å²) in [6.07, 6.45) is 11.4. The SMILES string of the molecule is NC12C=CC=CC1=NC=C2. The van der Waals surface area contributed by atoms with E-state index in [4.69, 9.17) is 5.73 Å². The van der Waals surface area contributed by atoms with Crippen LogP contribution in [0.2, 0.25) is 0 Å². The Morgan fingerprint density at radius 2 is 2.20 bits per heavy atom. The molecule has 10 heavy (non-hydrogen) atoms. The van der Waals surface area contributed by atoms with Crippen LogP contribution >= 0.6 is 0 Å². The first-order valence-electron chi connectivity index (χ1n) is 3.22. The molecule has 50 valence electrons. The van der Waals surface area contributed by atoms with Gasteiger partial charge in [0.2, 0.25) is 0 Å². The molecular formula is C8H8N2. The second kappa shape index (κ2) is 1.67. The van der Waals surface area contributed by atoms with Gasteiger partial charge in [0, 0.05) is 6.20 Å². The molecule has 2 rings (SSSR count). The van der Waals surface area contributed by atoms with Gasteiger partial charge in [-0.05, 0) is 12.2 Å². The van der Waals surface area contributed by atoms with Crippen molar-refractivity contribution in [1.82, 2.24) is 0 Å². The van der Waals surface area contributed by atoms with Crippen molar-refractivity contribution in [2.45, 2.75) is 5.54 Å². The fourth-order valence-corrected chi connectivity index (χ4v) is 1.13. The van der Waals surface area contributed by atoms with Crippen molar-refractivity contribution >= 4 is 5.71 Å². The van der Waals surface area contributed by atoms with Gasteiger partial charge in [-0.3, -0.25) is 4.99 Å². The van der Waals surface area contributed by atoms with Gasteiger partial charge in [0.25, 0.3) is 0 Å². The van der Waals surface area contributed by atoms with Crippen molar-refractivity contribution in [3.63, 3.8) is 0 Å². The maximum atomic E-state index is 5.91. The highest BCUT2D eigenvalue weighted by Gasteiger charge is 2.27. The molecule has 0 radical (unpaired) electrons. The molecule has 0 saturated heterocycles. The van der Waals surface area contributed by atoms with Crippen molar-refractivity contribution in [1.29, 1.82) is 0 Å². The molecule has 2 aliphatic rings.